The van der Waals surface area contributed by atoms with Gasteiger partial charge >= 0.3 is 0 Å². The van der Waals surface area contributed by atoms with Gasteiger partial charge in [0.05, 0.1) is 6.04 Å². The maximum atomic E-state index is 5.45. The predicted molar refractivity (Wildman–Crippen MR) is 104 cm³/mol. The second kappa shape index (κ2) is 7.60. The van der Waals surface area contributed by atoms with Gasteiger partial charge in [-0.05, 0) is 67.7 Å². The fraction of sp³-hybridized carbons (Fsp3) is 0.350. The molecule has 0 saturated heterocycles. The van der Waals surface area contributed by atoms with Crippen LogP contribution in [-0.2, 0) is 0 Å². The van der Waals surface area contributed by atoms with E-state index in [9.17, 15) is 0 Å². The largest absolute Gasteiger partial charge is 0.356 e. The van der Waals surface area contributed by atoms with Gasteiger partial charge in [-0.2, -0.15) is 0 Å². The molecule has 0 fully saturated rings. The number of aryl methyl sites for hydroxylation is 2. The third kappa shape index (κ3) is 4.80. The predicted octanol–water partition coefficient (Wildman–Crippen LogP) is 5.47. The average molecular weight is 327 g/mol. The van der Waals surface area contributed by atoms with E-state index in [1.165, 1.54) is 22.3 Å². The van der Waals surface area contributed by atoms with Crippen LogP contribution in [0.4, 0.5) is 5.69 Å². The van der Waals surface area contributed by atoms with Crippen molar-refractivity contribution in [2.24, 2.45) is 0 Å². The van der Waals surface area contributed by atoms with E-state index in [-0.39, 0.29) is 6.04 Å². The molecule has 23 heavy (non-hydrogen) atoms. The van der Waals surface area contributed by atoms with Crippen LogP contribution in [0.2, 0.25) is 0 Å². The van der Waals surface area contributed by atoms with Crippen LogP contribution in [0, 0.1) is 13.8 Å². The number of anilines is 1. The highest BCUT2D eigenvalue weighted by molar-refractivity contribution is 7.80. The summed E-state index contributed by atoms with van der Waals surface area (Å²) in [5, 5.41) is 7.28. The zero-order chi connectivity index (χ0) is 17.0. The van der Waals surface area contributed by atoms with Crippen LogP contribution in [0.15, 0.2) is 42.5 Å². The Morgan fingerprint density at radius 2 is 1.61 bits per heavy atom. The standard InChI is InChI=1S/C20H26N2S/c1-13(2)17-8-10-18(11-9-17)22-20(23)21-16(5)19-12-14(3)6-7-15(19)4/h6-13,16H,1-5H3,(H2,21,22,23). The molecular formula is C20H26N2S. The van der Waals surface area contributed by atoms with Crippen LogP contribution in [-0.4, -0.2) is 5.11 Å². The van der Waals surface area contributed by atoms with Crippen molar-refractivity contribution in [2.75, 3.05) is 5.32 Å². The maximum Gasteiger partial charge on any atom is 0.171 e. The zero-order valence-corrected chi connectivity index (χ0v) is 15.4. The number of thiocarbonyl (C=S) groups is 1. The lowest BCUT2D eigenvalue weighted by atomic mass is 10.0. The lowest BCUT2D eigenvalue weighted by molar-refractivity contribution is 0.716. The molecule has 2 rings (SSSR count). The number of rotatable bonds is 4. The number of hydrogen-bond donors (Lipinski definition) is 2. The quantitative estimate of drug-likeness (QED) is 0.728. The molecule has 2 N–H and O–H groups in total. The van der Waals surface area contributed by atoms with Gasteiger partial charge in [-0.1, -0.05) is 49.7 Å². The molecule has 0 aliphatic rings. The topological polar surface area (TPSA) is 24.1 Å². The van der Waals surface area contributed by atoms with E-state index in [2.05, 4.69) is 87.7 Å². The van der Waals surface area contributed by atoms with Crippen molar-refractivity contribution in [3.8, 4) is 0 Å². The van der Waals surface area contributed by atoms with E-state index in [0.29, 0.717) is 11.0 Å². The lowest BCUT2D eigenvalue weighted by Gasteiger charge is -2.20. The van der Waals surface area contributed by atoms with Gasteiger partial charge in [0.15, 0.2) is 5.11 Å². The summed E-state index contributed by atoms with van der Waals surface area (Å²) in [4.78, 5) is 0. The van der Waals surface area contributed by atoms with Gasteiger partial charge in [0.1, 0.15) is 0 Å². The van der Waals surface area contributed by atoms with Crippen LogP contribution in [0.25, 0.3) is 0 Å². The highest BCUT2D eigenvalue weighted by Gasteiger charge is 2.10. The third-order valence-electron chi connectivity index (χ3n) is 4.08. The summed E-state index contributed by atoms with van der Waals surface area (Å²) in [5.74, 6) is 0.540. The lowest BCUT2D eigenvalue weighted by Crippen LogP contribution is -2.31. The van der Waals surface area contributed by atoms with E-state index in [0.717, 1.165) is 5.69 Å². The fourth-order valence-electron chi connectivity index (χ4n) is 2.62. The smallest absolute Gasteiger partial charge is 0.171 e. The first-order valence-electron chi connectivity index (χ1n) is 8.11. The number of nitrogens with one attached hydrogen (secondary N) is 2. The van der Waals surface area contributed by atoms with E-state index in [1.807, 2.05) is 0 Å². The number of benzene rings is 2. The Hall–Kier alpha value is -1.87. The van der Waals surface area contributed by atoms with Crippen molar-refractivity contribution in [2.45, 2.75) is 46.6 Å². The van der Waals surface area contributed by atoms with Crippen LogP contribution < -0.4 is 10.6 Å². The minimum atomic E-state index is 0.171. The SMILES string of the molecule is Cc1ccc(C)c(C(C)NC(=S)Nc2ccc(C(C)C)cc2)c1. The molecular weight excluding hydrogens is 300 g/mol. The van der Waals surface area contributed by atoms with E-state index in [4.69, 9.17) is 12.2 Å². The molecule has 1 atom stereocenters. The van der Waals surface area contributed by atoms with Crippen LogP contribution in [0.3, 0.4) is 0 Å². The summed E-state index contributed by atoms with van der Waals surface area (Å²) in [6.45, 7) is 10.8. The van der Waals surface area contributed by atoms with Gasteiger partial charge in [0.25, 0.3) is 0 Å². The van der Waals surface area contributed by atoms with Crippen molar-refractivity contribution in [1.29, 1.82) is 0 Å². The molecule has 0 bridgehead atoms. The van der Waals surface area contributed by atoms with Crippen LogP contribution in [0.5, 0.6) is 0 Å². The highest BCUT2D eigenvalue weighted by atomic mass is 32.1. The minimum absolute atomic E-state index is 0.171. The fourth-order valence-corrected chi connectivity index (χ4v) is 2.91. The van der Waals surface area contributed by atoms with Gasteiger partial charge in [-0.15, -0.1) is 0 Å². The Morgan fingerprint density at radius 3 is 2.22 bits per heavy atom. The molecule has 2 nitrogen and oxygen atoms in total. The van der Waals surface area contributed by atoms with Crippen LogP contribution in [0.1, 0.15) is 55.0 Å². The monoisotopic (exact) mass is 326 g/mol. The molecule has 0 radical (unpaired) electrons. The van der Waals surface area contributed by atoms with Gasteiger partial charge in [-0.25, -0.2) is 0 Å². The van der Waals surface area contributed by atoms with Gasteiger partial charge < -0.3 is 10.6 Å². The molecule has 0 heterocycles. The Labute approximate surface area is 145 Å². The van der Waals surface area contributed by atoms with E-state index < -0.39 is 0 Å². The van der Waals surface area contributed by atoms with Crippen LogP contribution >= 0.6 is 12.2 Å². The molecule has 2 aromatic rings. The molecule has 0 amide bonds. The molecule has 3 heteroatoms. The second-order valence-electron chi connectivity index (χ2n) is 6.46. The zero-order valence-electron chi connectivity index (χ0n) is 14.6. The number of hydrogen-bond acceptors (Lipinski definition) is 1. The molecule has 1 unspecified atom stereocenters. The summed E-state index contributed by atoms with van der Waals surface area (Å²) >= 11 is 5.45. The third-order valence-corrected chi connectivity index (χ3v) is 4.30. The summed E-state index contributed by atoms with van der Waals surface area (Å²) < 4.78 is 0. The second-order valence-corrected chi connectivity index (χ2v) is 6.87. The first kappa shape index (κ1) is 17.5. The normalized spacial score (nSPS) is 12.1. The summed E-state index contributed by atoms with van der Waals surface area (Å²) in [5.41, 5.74) is 6.17. The molecule has 0 aromatic heterocycles. The molecule has 2 aromatic carbocycles. The van der Waals surface area contributed by atoms with Crippen molar-refractivity contribution < 1.29 is 0 Å². The van der Waals surface area contributed by atoms with Crippen molar-refractivity contribution in [1.82, 2.24) is 5.32 Å². The maximum absolute atomic E-state index is 5.45. The molecule has 0 aliphatic carbocycles. The van der Waals surface area contributed by atoms with Gasteiger partial charge in [-0.3, -0.25) is 0 Å². The van der Waals surface area contributed by atoms with Crippen molar-refractivity contribution in [3.05, 3.63) is 64.7 Å². The van der Waals surface area contributed by atoms with Crippen molar-refractivity contribution in [3.63, 3.8) is 0 Å². The summed E-state index contributed by atoms with van der Waals surface area (Å²) in [6.07, 6.45) is 0. The highest BCUT2D eigenvalue weighted by Crippen LogP contribution is 2.20. The van der Waals surface area contributed by atoms with E-state index in [1.54, 1.807) is 0 Å². The molecule has 0 saturated carbocycles. The Balaban J connectivity index is 2.00. The Morgan fingerprint density at radius 1 is 0.957 bits per heavy atom. The van der Waals surface area contributed by atoms with Gasteiger partial charge in [0.2, 0.25) is 0 Å². The van der Waals surface area contributed by atoms with Crippen molar-refractivity contribution >= 4 is 23.0 Å². The Kier molecular flexibility index (Phi) is 5.78. The minimum Gasteiger partial charge on any atom is -0.356 e. The average Bonchev–Trinajstić information content (AvgIpc) is 2.50. The molecule has 0 aliphatic heterocycles. The van der Waals surface area contributed by atoms with Gasteiger partial charge in [0, 0.05) is 5.69 Å². The van der Waals surface area contributed by atoms with E-state index >= 15 is 0 Å². The molecule has 122 valence electrons. The Bertz CT molecular complexity index is 675. The molecule has 0 spiro atoms. The summed E-state index contributed by atoms with van der Waals surface area (Å²) in [6, 6.07) is 15.1. The first-order chi connectivity index (χ1) is 10.9. The summed E-state index contributed by atoms with van der Waals surface area (Å²) in [7, 11) is 0. The first-order valence-corrected chi connectivity index (χ1v) is 8.52.